The van der Waals surface area contributed by atoms with Crippen molar-refractivity contribution in [2.24, 2.45) is 0 Å². The lowest BCUT2D eigenvalue weighted by molar-refractivity contribution is -0.120. The first-order valence-electron chi connectivity index (χ1n) is 7.87. The Kier molecular flexibility index (Phi) is 6.78. The normalized spacial score (nSPS) is 11.9. The second-order valence-electron chi connectivity index (χ2n) is 6.66. The number of hydrogen-bond donors (Lipinski definition) is 4. The highest BCUT2D eigenvalue weighted by Gasteiger charge is 2.19. The molecule has 0 aliphatic carbocycles. The summed E-state index contributed by atoms with van der Waals surface area (Å²) in [5, 5.41) is 10.6. The number of imide groups is 1. The van der Waals surface area contributed by atoms with Crippen molar-refractivity contribution in [1.82, 2.24) is 10.6 Å². The number of amides is 4. The van der Waals surface area contributed by atoms with Crippen LogP contribution in [0, 0.1) is 0 Å². The second-order valence-corrected chi connectivity index (χ2v) is 6.66. The van der Waals surface area contributed by atoms with Gasteiger partial charge in [-0.05, 0) is 39.8 Å². The summed E-state index contributed by atoms with van der Waals surface area (Å²) in [5.74, 6) is -0.221. The molecule has 0 aliphatic heterocycles. The summed E-state index contributed by atoms with van der Waals surface area (Å²) < 4.78 is 5.23. The van der Waals surface area contributed by atoms with Gasteiger partial charge in [0.05, 0.1) is 12.8 Å². The predicted octanol–water partition coefficient (Wildman–Crippen LogP) is 2.08. The van der Waals surface area contributed by atoms with Gasteiger partial charge in [0.2, 0.25) is 11.8 Å². The van der Waals surface area contributed by atoms with E-state index >= 15 is 0 Å². The van der Waals surface area contributed by atoms with Gasteiger partial charge in [-0.15, -0.1) is 0 Å². The average Bonchev–Trinajstić information content (AvgIpc) is 2.46. The lowest BCUT2D eigenvalue weighted by Crippen LogP contribution is -2.51. The predicted molar refractivity (Wildman–Crippen MR) is 96.8 cm³/mol. The van der Waals surface area contributed by atoms with Crippen LogP contribution in [0.3, 0.4) is 0 Å². The van der Waals surface area contributed by atoms with Crippen molar-refractivity contribution in [2.75, 3.05) is 17.7 Å². The summed E-state index contributed by atoms with van der Waals surface area (Å²) in [6.45, 7) is 8.50. The Morgan fingerprint density at radius 3 is 2.32 bits per heavy atom. The SMILES string of the molecule is COc1cc(N[C@H](C)C(=O)NC(=O)NC(C)(C)C)ccc1NC(C)=O. The number of ether oxygens (including phenoxy) is 1. The van der Waals surface area contributed by atoms with Gasteiger partial charge < -0.3 is 20.7 Å². The fraction of sp³-hybridized carbons (Fsp3) is 0.471. The Morgan fingerprint density at radius 2 is 1.80 bits per heavy atom. The molecule has 25 heavy (non-hydrogen) atoms. The van der Waals surface area contributed by atoms with Crippen molar-refractivity contribution in [3.63, 3.8) is 0 Å². The van der Waals surface area contributed by atoms with E-state index in [1.807, 2.05) is 20.8 Å². The number of methoxy groups -OCH3 is 1. The van der Waals surface area contributed by atoms with Gasteiger partial charge in [-0.2, -0.15) is 0 Å². The maximum atomic E-state index is 12.1. The third-order valence-corrected chi connectivity index (χ3v) is 3.01. The number of hydrogen-bond acceptors (Lipinski definition) is 5. The fourth-order valence-corrected chi connectivity index (χ4v) is 1.98. The third kappa shape index (κ3) is 7.11. The molecule has 1 rings (SSSR count). The second kappa shape index (κ2) is 8.36. The molecule has 138 valence electrons. The molecule has 0 unspecified atom stereocenters. The quantitative estimate of drug-likeness (QED) is 0.650. The number of rotatable bonds is 5. The molecule has 8 nitrogen and oxygen atoms in total. The van der Waals surface area contributed by atoms with E-state index < -0.39 is 23.5 Å². The van der Waals surface area contributed by atoms with Crippen molar-refractivity contribution in [3.8, 4) is 5.75 Å². The molecule has 1 atom stereocenters. The molecule has 0 heterocycles. The molecular weight excluding hydrogens is 324 g/mol. The van der Waals surface area contributed by atoms with E-state index in [0.29, 0.717) is 17.1 Å². The van der Waals surface area contributed by atoms with Gasteiger partial charge in [0.1, 0.15) is 11.8 Å². The molecule has 0 radical (unpaired) electrons. The van der Waals surface area contributed by atoms with Gasteiger partial charge in [0, 0.05) is 24.2 Å². The van der Waals surface area contributed by atoms with Gasteiger partial charge in [-0.1, -0.05) is 0 Å². The Labute approximate surface area is 147 Å². The minimum atomic E-state index is -0.651. The first-order chi connectivity index (χ1) is 11.5. The minimum absolute atomic E-state index is 0.211. The molecule has 4 N–H and O–H groups in total. The van der Waals surface area contributed by atoms with Crippen LogP contribution in [0.5, 0.6) is 5.75 Å². The molecule has 0 spiro atoms. The van der Waals surface area contributed by atoms with Crippen LogP contribution in [-0.2, 0) is 9.59 Å². The maximum Gasteiger partial charge on any atom is 0.321 e. The summed E-state index contributed by atoms with van der Waals surface area (Å²) in [7, 11) is 1.48. The number of benzene rings is 1. The largest absolute Gasteiger partial charge is 0.494 e. The molecule has 0 aromatic heterocycles. The first kappa shape index (κ1) is 20.3. The topological polar surface area (TPSA) is 109 Å². The molecule has 0 aliphatic rings. The van der Waals surface area contributed by atoms with Crippen molar-refractivity contribution in [3.05, 3.63) is 18.2 Å². The Morgan fingerprint density at radius 1 is 1.16 bits per heavy atom. The first-order valence-corrected chi connectivity index (χ1v) is 7.87. The van der Waals surface area contributed by atoms with Crippen LogP contribution in [0.2, 0.25) is 0 Å². The number of anilines is 2. The van der Waals surface area contributed by atoms with Gasteiger partial charge in [0.25, 0.3) is 0 Å². The van der Waals surface area contributed by atoms with Crippen LogP contribution in [0.15, 0.2) is 18.2 Å². The average molecular weight is 350 g/mol. The Balaban J connectivity index is 2.72. The fourth-order valence-electron chi connectivity index (χ4n) is 1.98. The van der Waals surface area contributed by atoms with E-state index in [-0.39, 0.29) is 5.91 Å². The van der Waals surface area contributed by atoms with E-state index in [9.17, 15) is 14.4 Å². The molecule has 1 aromatic carbocycles. The molecule has 8 heteroatoms. The van der Waals surface area contributed by atoms with Gasteiger partial charge in [-0.3, -0.25) is 14.9 Å². The molecule has 0 bridgehead atoms. The summed E-state index contributed by atoms with van der Waals surface area (Å²) in [6, 6.07) is 3.82. The Hall–Kier alpha value is -2.77. The summed E-state index contributed by atoms with van der Waals surface area (Å²) in [5.41, 5.74) is 0.709. The zero-order valence-electron chi connectivity index (χ0n) is 15.4. The minimum Gasteiger partial charge on any atom is -0.494 e. The maximum absolute atomic E-state index is 12.1. The summed E-state index contributed by atoms with van der Waals surface area (Å²) in [4.78, 5) is 35.0. The van der Waals surface area contributed by atoms with E-state index in [2.05, 4.69) is 21.3 Å². The smallest absolute Gasteiger partial charge is 0.321 e. The molecule has 0 saturated heterocycles. The van der Waals surface area contributed by atoms with Crippen LogP contribution < -0.4 is 26.0 Å². The van der Waals surface area contributed by atoms with Crippen LogP contribution >= 0.6 is 0 Å². The molecular formula is C17H26N4O4. The van der Waals surface area contributed by atoms with Gasteiger partial charge in [0.15, 0.2) is 0 Å². The van der Waals surface area contributed by atoms with Crippen molar-refractivity contribution in [2.45, 2.75) is 46.2 Å². The zero-order valence-corrected chi connectivity index (χ0v) is 15.4. The molecule has 0 fully saturated rings. The highest BCUT2D eigenvalue weighted by molar-refractivity contribution is 5.98. The van der Waals surface area contributed by atoms with Crippen molar-refractivity contribution in [1.29, 1.82) is 0 Å². The van der Waals surface area contributed by atoms with Gasteiger partial charge in [-0.25, -0.2) is 4.79 Å². The van der Waals surface area contributed by atoms with Crippen LogP contribution in [0.4, 0.5) is 16.2 Å². The number of nitrogens with one attached hydrogen (secondary N) is 4. The molecule has 4 amide bonds. The summed E-state index contributed by atoms with van der Waals surface area (Å²) in [6.07, 6.45) is 0. The van der Waals surface area contributed by atoms with Gasteiger partial charge >= 0.3 is 6.03 Å². The van der Waals surface area contributed by atoms with Crippen LogP contribution in [0.25, 0.3) is 0 Å². The highest BCUT2D eigenvalue weighted by atomic mass is 16.5. The van der Waals surface area contributed by atoms with Crippen LogP contribution in [0.1, 0.15) is 34.6 Å². The van der Waals surface area contributed by atoms with Crippen molar-refractivity contribution < 1.29 is 19.1 Å². The lowest BCUT2D eigenvalue weighted by Gasteiger charge is -2.21. The van der Waals surface area contributed by atoms with Crippen LogP contribution in [-0.4, -0.2) is 36.5 Å². The monoisotopic (exact) mass is 350 g/mol. The third-order valence-electron chi connectivity index (χ3n) is 3.01. The van der Waals surface area contributed by atoms with Crippen molar-refractivity contribution >= 4 is 29.2 Å². The van der Waals surface area contributed by atoms with E-state index in [1.165, 1.54) is 14.0 Å². The lowest BCUT2D eigenvalue weighted by atomic mass is 10.1. The van der Waals surface area contributed by atoms with E-state index in [0.717, 1.165) is 0 Å². The number of urea groups is 1. The number of carbonyl (C=O) groups is 3. The van der Waals surface area contributed by atoms with E-state index in [1.54, 1.807) is 25.1 Å². The standard InChI is InChI=1S/C17H26N4O4/c1-10(15(23)20-16(24)21-17(3,4)5)18-12-7-8-13(19-11(2)22)14(9-12)25-6/h7-10,18H,1-6H3,(H,19,22)(H2,20,21,23,24)/t10-/m1/s1. The number of carbonyl (C=O) groups excluding carboxylic acids is 3. The highest BCUT2D eigenvalue weighted by Crippen LogP contribution is 2.28. The molecule has 0 saturated carbocycles. The zero-order chi connectivity index (χ0) is 19.2. The molecule has 1 aromatic rings. The summed E-state index contributed by atoms with van der Waals surface area (Å²) >= 11 is 0. The van der Waals surface area contributed by atoms with E-state index in [4.69, 9.17) is 4.74 Å². The Bertz CT molecular complexity index is 653.